The van der Waals surface area contributed by atoms with Crippen LogP contribution in [0.25, 0.3) is 16.9 Å². The zero-order chi connectivity index (χ0) is 17.8. The molecule has 0 aliphatic heterocycles. The molecule has 0 spiro atoms. The van der Waals surface area contributed by atoms with Gasteiger partial charge in [0.1, 0.15) is 0 Å². The number of benzene rings is 1. The van der Waals surface area contributed by atoms with E-state index in [9.17, 15) is 0 Å². The Balaban J connectivity index is 2.09. The second-order valence-corrected chi connectivity index (χ2v) is 7.75. The summed E-state index contributed by atoms with van der Waals surface area (Å²) in [7, 11) is 0. The third-order valence-electron chi connectivity index (χ3n) is 4.54. The highest BCUT2D eigenvalue weighted by molar-refractivity contribution is 9.10. The minimum Gasteiger partial charge on any atom is -0.227 e. The Bertz CT molecular complexity index is 853. The van der Waals surface area contributed by atoms with Crippen LogP contribution in [0, 0.1) is 5.92 Å². The smallest absolute Gasteiger partial charge is 0.170 e. The molecule has 0 fully saturated rings. The average Bonchev–Trinajstić information content (AvgIpc) is 2.97. The minimum absolute atomic E-state index is 0.669. The van der Waals surface area contributed by atoms with Crippen LogP contribution in [0.5, 0.6) is 0 Å². The fourth-order valence-corrected chi connectivity index (χ4v) is 3.99. The van der Waals surface area contributed by atoms with Crippen molar-refractivity contribution in [3.05, 3.63) is 51.7 Å². The summed E-state index contributed by atoms with van der Waals surface area (Å²) < 4.78 is 2.87. The minimum atomic E-state index is 0.669. The second-order valence-electron chi connectivity index (χ2n) is 6.49. The van der Waals surface area contributed by atoms with Crippen molar-refractivity contribution < 1.29 is 0 Å². The van der Waals surface area contributed by atoms with Gasteiger partial charge < -0.3 is 0 Å². The van der Waals surface area contributed by atoms with E-state index in [1.165, 1.54) is 31.4 Å². The molecule has 0 saturated heterocycles. The number of nitrogens with zero attached hydrogens (tertiary/aromatic N) is 3. The van der Waals surface area contributed by atoms with Crippen molar-refractivity contribution in [3.8, 4) is 11.3 Å². The Morgan fingerprint density at radius 1 is 1.16 bits per heavy atom. The summed E-state index contributed by atoms with van der Waals surface area (Å²) in [5.74, 6) is 0.669. The zero-order valence-corrected chi connectivity index (χ0v) is 17.0. The van der Waals surface area contributed by atoms with Crippen LogP contribution >= 0.6 is 27.5 Å². The highest BCUT2D eigenvalue weighted by Crippen LogP contribution is 2.30. The van der Waals surface area contributed by atoms with Crippen molar-refractivity contribution in [2.75, 3.05) is 0 Å². The van der Waals surface area contributed by atoms with Gasteiger partial charge in [0.25, 0.3) is 0 Å². The van der Waals surface area contributed by atoms with E-state index in [1.54, 1.807) is 0 Å². The van der Waals surface area contributed by atoms with Crippen LogP contribution in [-0.4, -0.2) is 14.6 Å². The van der Waals surface area contributed by atoms with Crippen molar-refractivity contribution in [3.63, 3.8) is 0 Å². The standard InChI is InChI=1S/C20H23BrClN3/c1-3-7-14(8-4-2)11-15-12-19(16-9-5-6-10-18(16)22)24-20-17(21)13-23-25(15)20/h5-6,9-10,12-14H,3-4,7-8,11H2,1-2H3. The number of halogens is 2. The molecule has 0 radical (unpaired) electrons. The van der Waals surface area contributed by atoms with Gasteiger partial charge in [-0.05, 0) is 40.4 Å². The van der Waals surface area contributed by atoms with E-state index in [0.717, 1.165) is 32.8 Å². The molecule has 0 aliphatic rings. The molecule has 3 aromatic rings. The maximum atomic E-state index is 6.41. The number of hydrogen-bond acceptors (Lipinski definition) is 2. The monoisotopic (exact) mass is 419 g/mol. The van der Waals surface area contributed by atoms with Crippen LogP contribution in [0.2, 0.25) is 5.02 Å². The van der Waals surface area contributed by atoms with Gasteiger partial charge in [-0.2, -0.15) is 5.10 Å². The van der Waals surface area contributed by atoms with Crippen molar-refractivity contribution in [2.45, 2.75) is 46.0 Å². The van der Waals surface area contributed by atoms with E-state index >= 15 is 0 Å². The molecule has 2 aromatic heterocycles. The average molecular weight is 421 g/mol. The van der Waals surface area contributed by atoms with Crippen LogP contribution in [0.3, 0.4) is 0 Å². The summed E-state index contributed by atoms with van der Waals surface area (Å²) in [4.78, 5) is 4.79. The summed E-state index contributed by atoms with van der Waals surface area (Å²) in [6.45, 7) is 4.51. The molecule has 3 nitrogen and oxygen atoms in total. The van der Waals surface area contributed by atoms with Crippen LogP contribution < -0.4 is 0 Å². The largest absolute Gasteiger partial charge is 0.227 e. The fraction of sp³-hybridized carbons (Fsp3) is 0.400. The predicted molar refractivity (Wildman–Crippen MR) is 108 cm³/mol. The van der Waals surface area contributed by atoms with Gasteiger partial charge in [-0.25, -0.2) is 9.50 Å². The first-order valence-electron chi connectivity index (χ1n) is 8.92. The molecular formula is C20H23BrClN3. The molecule has 0 bridgehead atoms. The molecular weight excluding hydrogens is 398 g/mol. The van der Waals surface area contributed by atoms with Gasteiger partial charge in [0.15, 0.2) is 5.65 Å². The molecule has 132 valence electrons. The molecule has 0 saturated carbocycles. The van der Waals surface area contributed by atoms with Crippen molar-refractivity contribution in [2.24, 2.45) is 5.92 Å². The molecule has 0 unspecified atom stereocenters. The van der Waals surface area contributed by atoms with Crippen LogP contribution in [0.4, 0.5) is 0 Å². The lowest BCUT2D eigenvalue weighted by molar-refractivity contribution is 0.430. The van der Waals surface area contributed by atoms with Crippen molar-refractivity contribution >= 4 is 33.2 Å². The Labute approximate surface area is 162 Å². The molecule has 1 aromatic carbocycles. The summed E-state index contributed by atoms with van der Waals surface area (Å²) in [5.41, 5.74) is 3.90. The molecule has 0 N–H and O–H groups in total. The van der Waals surface area contributed by atoms with Crippen LogP contribution in [0.15, 0.2) is 41.0 Å². The maximum Gasteiger partial charge on any atom is 0.170 e. The molecule has 3 rings (SSSR count). The maximum absolute atomic E-state index is 6.41. The van der Waals surface area contributed by atoms with Gasteiger partial charge in [-0.3, -0.25) is 0 Å². The van der Waals surface area contributed by atoms with Crippen LogP contribution in [0.1, 0.15) is 45.2 Å². The number of rotatable bonds is 7. The SMILES string of the molecule is CCCC(CCC)Cc1cc(-c2ccccc2Cl)nc2c(Br)cnn12. The Kier molecular flexibility index (Phi) is 6.13. The predicted octanol–water partition coefficient (Wildman–Crippen LogP) is 6.57. The van der Waals surface area contributed by atoms with Gasteiger partial charge in [0.05, 0.1) is 16.4 Å². The Morgan fingerprint density at radius 3 is 2.56 bits per heavy atom. The van der Waals surface area contributed by atoms with E-state index in [4.69, 9.17) is 16.6 Å². The first kappa shape index (κ1) is 18.4. The topological polar surface area (TPSA) is 30.2 Å². The fourth-order valence-electron chi connectivity index (χ4n) is 3.41. The molecule has 0 amide bonds. The van der Waals surface area contributed by atoms with E-state index in [0.29, 0.717) is 5.92 Å². The number of hydrogen-bond donors (Lipinski definition) is 0. The van der Waals surface area contributed by atoms with Gasteiger partial charge in [0, 0.05) is 16.3 Å². The lowest BCUT2D eigenvalue weighted by Crippen LogP contribution is -2.10. The van der Waals surface area contributed by atoms with E-state index in [2.05, 4.69) is 40.9 Å². The highest BCUT2D eigenvalue weighted by atomic mass is 79.9. The normalized spacial score (nSPS) is 11.6. The highest BCUT2D eigenvalue weighted by Gasteiger charge is 2.16. The molecule has 0 aliphatic carbocycles. The number of aromatic nitrogens is 3. The lowest BCUT2D eigenvalue weighted by Gasteiger charge is -2.17. The van der Waals surface area contributed by atoms with Gasteiger partial charge in [-0.15, -0.1) is 0 Å². The number of fused-ring (bicyclic) bond motifs is 1. The van der Waals surface area contributed by atoms with Crippen molar-refractivity contribution in [1.29, 1.82) is 0 Å². The Hall–Kier alpha value is -1.39. The van der Waals surface area contributed by atoms with Gasteiger partial charge in [-0.1, -0.05) is 69.3 Å². The van der Waals surface area contributed by atoms with E-state index in [1.807, 2.05) is 35.0 Å². The van der Waals surface area contributed by atoms with Crippen molar-refractivity contribution in [1.82, 2.24) is 14.6 Å². The molecule has 2 heterocycles. The third-order valence-corrected chi connectivity index (χ3v) is 5.43. The first-order chi connectivity index (χ1) is 12.1. The zero-order valence-electron chi connectivity index (χ0n) is 14.7. The first-order valence-corrected chi connectivity index (χ1v) is 10.1. The third kappa shape index (κ3) is 4.06. The van der Waals surface area contributed by atoms with Gasteiger partial charge >= 0.3 is 0 Å². The summed E-state index contributed by atoms with van der Waals surface area (Å²) in [6.07, 6.45) is 7.71. The Morgan fingerprint density at radius 2 is 1.88 bits per heavy atom. The van der Waals surface area contributed by atoms with Crippen LogP contribution in [-0.2, 0) is 6.42 Å². The summed E-state index contributed by atoms with van der Waals surface area (Å²) in [6, 6.07) is 10.0. The lowest BCUT2D eigenvalue weighted by atomic mass is 9.93. The quantitative estimate of drug-likeness (QED) is 0.432. The second kappa shape index (κ2) is 8.33. The molecule has 0 atom stereocenters. The van der Waals surface area contributed by atoms with E-state index in [-0.39, 0.29) is 0 Å². The van der Waals surface area contributed by atoms with E-state index < -0.39 is 0 Å². The van der Waals surface area contributed by atoms with Gasteiger partial charge in [0.2, 0.25) is 0 Å². The molecule has 25 heavy (non-hydrogen) atoms. The summed E-state index contributed by atoms with van der Waals surface area (Å²) >= 11 is 9.98. The summed E-state index contributed by atoms with van der Waals surface area (Å²) in [5, 5.41) is 5.24. The molecule has 5 heteroatoms.